The van der Waals surface area contributed by atoms with Crippen LogP contribution in [0.3, 0.4) is 0 Å². The lowest BCUT2D eigenvalue weighted by atomic mass is 9.71. The molecule has 7 heteroatoms. The summed E-state index contributed by atoms with van der Waals surface area (Å²) in [6.07, 6.45) is 13.9. The van der Waals surface area contributed by atoms with Gasteiger partial charge in [0, 0.05) is 49.6 Å². The van der Waals surface area contributed by atoms with Gasteiger partial charge in [0.15, 0.2) is 5.79 Å². The number of likely N-dealkylation sites (tertiary alicyclic amines) is 1. The molecule has 0 amide bonds. The molecule has 5 fully saturated rings. The van der Waals surface area contributed by atoms with Gasteiger partial charge in [-0.05, 0) is 124 Å². The number of nitrogens with zero attached hydrogens (tertiary/aromatic N) is 2. The van der Waals surface area contributed by atoms with Gasteiger partial charge in [-0.1, -0.05) is 133 Å². The molecule has 3 heterocycles. The molecule has 2 atom stereocenters. The highest BCUT2D eigenvalue weighted by atomic mass is 35.5. The minimum atomic E-state index is -0.662. The van der Waals surface area contributed by atoms with Crippen molar-refractivity contribution in [3.05, 3.63) is 34.3 Å². The summed E-state index contributed by atoms with van der Waals surface area (Å²) >= 11 is 6.02. The average molecular weight is 854 g/mol. The zero-order valence-electron chi connectivity index (χ0n) is 42.1. The third kappa shape index (κ3) is 23.5. The quantitative estimate of drug-likeness (QED) is 0.296. The van der Waals surface area contributed by atoms with Crippen LogP contribution < -0.4 is 0 Å². The third-order valence-corrected chi connectivity index (χ3v) is 13.0. The summed E-state index contributed by atoms with van der Waals surface area (Å²) in [4.78, 5) is 4.66. The largest absolute Gasteiger partial charge is 0.379 e. The monoisotopic (exact) mass is 853 g/mol. The highest BCUT2D eigenvalue weighted by Crippen LogP contribution is 2.44. The Morgan fingerprint density at radius 3 is 1.59 bits per heavy atom. The van der Waals surface area contributed by atoms with Crippen LogP contribution in [-0.4, -0.2) is 86.4 Å². The number of alkyl halides is 1. The van der Waals surface area contributed by atoms with E-state index in [1.54, 1.807) is 6.92 Å². The number of ether oxygens (including phenoxy) is 3. The number of morpholine rings is 1. The summed E-state index contributed by atoms with van der Waals surface area (Å²) in [6, 6.07) is 6.26. The molecule has 3 aliphatic heterocycles. The fourth-order valence-corrected chi connectivity index (χ4v) is 8.70. The van der Waals surface area contributed by atoms with Crippen LogP contribution in [0.25, 0.3) is 0 Å². The highest BCUT2D eigenvalue weighted by Gasteiger charge is 2.42. The molecule has 1 spiro atoms. The van der Waals surface area contributed by atoms with E-state index in [1.165, 1.54) is 63.4 Å². The Labute approximate surface area is 372 Å². The van der Waals surface area contributed by atoms with Crippen molar-refractivity contribution in [2.24, 2.45) is 28.6 Å². The normalized spacial score (nSPS) is 22.5. The van der Waals surface area contributed by atoms with Crippen LogP contribution in [0.2, 0.25) is 5.02 Å². The van der Waals surface area contributed by atoms with Crippen LogP contribution in [0.4, 0.5) is 4.39 Å². The lowest BCUT2D eigenvalue weighted by Crippen LogP contribution is -2.47. The zero-order valence-corrected chi connectivity index (χ0v) is 42.8. The maximum atomic E-state index is 12.4. The van der Waals surface area contributed by atoms with Crippen molar-refractivity contribution in [1.29, 1.82) is 0 Å². The number of rotatable bonds is 2. The molecule has 2 saturated carbocycles. The van der Waals surface area contributed by atoms with E-state index < -0.39 is 6.17 Å². The van der Waals surface area contributed by atoms with Gasteiger partial charge >= 0.3 is 0 Å². The maximum absolute atomic E-state index is 12.4. The van der Waals surface area contributed by atoms with Crippen LogP contribution in [0.15, 0.2) is 18.2 Å². The summed E-state index contributed by atoms with van der Waals surface area (Å²) < 4.78 is 29.1. The minimum Gasteiger partial charge on any atom is -0.379 e. The van der Waals surface area contributed by atoms with Gasteiger partial charge in [0.25, 0.3) is 0 Å². The highest BCUT2D eigenvalue weighted by molar-refractivity contribution is 6.31. The van der Waals surface area contributed by atoms with Crippen LogP contribution >= 0.6 is 11.6 Å². The number of aryl methyl sites for hydroxylation is 1. The van der Waals surface area contributed by atoms with Crippen LogP contribution in [-0.2, 0) is 19.6 Å². The third-order valence-electron chi connectivity index (χ3n) is 12.6. The zero-order chi connectivity index (χ0) is 45.1. The Hall–Kier alpha value is -0.760. The van der Waals surface area contributed by atoms with E-state index in [-0.39, 0.29) is 11.2 Å². The molecular formula is C52H98ClFN2O3. The van der Waals surface area contributed by atoms with Gasteiger partial charge in [0.05, 0.1) is 26.4 Å². The second-order valence-electron chi connectivity index (χ2n) is 22.6. The van der Waals surface area contributed by atoms with Gasteiger partial charge < -0.3 is 19.1 Å². The molecule has 5 nitrogen and oxygen atoms in total. The van der Waals surface area contributed by atoms with Crippen molar-refractivity contribution < 1.29 is 18.6 Å². The molecule has 1 aromatic carbocycles. The Balaban J connectivity index is 0.000000365. The first-order valence-electron chi connectivity index (χ1n) is 24.0. The van der Waals surface area contributed by atoms with Crippen LogP contribution in [0.5, 0.6) is 0 Å². The van der Waals surface area contributed by atoms with Gasteiger partial charge in [0.1, 0.15) is 6.17 Å². The fraction of sp³-hybridized carbons (Fsp3) is 0.885. The van der Waals surface area contributed by atoms with Crippen molar-refractivity contribution >= 4 is 11.6 Å². The van der Waals surface area contributed by atoms with Gasteiger partial charge in [-0.25, -0.2) is 4.39 Å². The summed E-state index contributed by atoms with van der Waals surface area (Å²) in [5, 5.41) is 0.863. The molecule has 3 saturated heterocycles. The summed E-state index contributed by atoms with van der Waals surface area (Å²) in [6.45, 7) is 46.0. The first-order valence-corrected chi connectivity index (χ1v) is 24.4. The second kappa shape index (κ2) is 26.8. The van der Waals surface area contributed by atoms with E-state index in [1.807, 2.05) is 6.92 Å². The van der Waals surface area contributed by atoms with E-state index in [0.717, 1.165) is 93.8 Å². The minimum absolute atomic E-state index is 0.179. The Morgan fingerprint density at radius 2 is 1.24 bits per heavy atom. The van der Waals surface area contributed by atoms with Crippen LogP contribution in [0.1, 0.15) is 193 Å². The molecule has 6 rings (SSSR count). The van der Waals surface area contributed by atoms with Crippen molar-refractivity contribution in [3.63, 3.8) is 0 Å². The van der Waals surface area contributed by atoms with Gasteiger partial charge in [-0.15, -0.1) is 0 Å². The Kier molecular flexibility index (Phi) is 25.5. The van der Waals surface area contributed by atoms with Gasteiger partial charge in [-0.3, -0.25) is 4.90 Å². The van der Waals surface area contributed by atoms with E-state index in [4.69, 9.17) is 25.8 Å². The van der Waals surface area contributed by atoms with E-state index in [9.17, 15) is 4.39 Å². The molecule has 0 N–H and O–H groups in total. The Morgan fingerprint density at radius 1 is 0.746 bits per heavy atom. The summed E-state index contributed by atoms with van der Waals surface area (Å²) in [5.74, 6) is 2.43. The van der Waals surface area contributed by atoms with E-state index in [0.29, 0.717) is 22.9 Å². The smallest absolute Gasteiger partial charge is 0.168 e. The maximum Gasteiger partial charge on any atom is 0.168 e. The molecule has 1 aromatic rings. The van der Waals surface area contributed by atoms with Crippen LogP contribution in [0, 0.1) is 35.5 Å². The standard InChI is InChI=1S/C12H22O2.C11H15Cl.C10H20.C8H16FN.C8H17NO.C3H8/c1-11(2,3)10-4-6-12(7-5-10)13-8-9-14-12;1-8-5-6-9(7-10(8)12)11(2,3)4;1-10(2,3)9-7-5-4-6-8-9;1-7-3-4-10(5-7)6-8(2)9;1-8(2,3)9-4-6-10-7-5-9;1-3-2/h10H,4-9H2,1-3H3;5-7H,1-4H3;9H,4-8H2,1-3H3;7-8H,3-6H2,1-2H3;4-7H2,1-3H3;3H2,1-2H3/t;;;7-,8?;;/m...0../s1. The van der Waals surface area contributed by atoms with Crippen molar-refractivity contribution in [3.8, 4) is 0 Å². The van der Waals surface area contributed by atoms with Crippen molar-refractivity contribution in [2.45, 2.75) is 211 Å². The fourth-order valence-electron chi connectivity index (χ4n) is 8.52. The van der Waals surface area contributed by atoms with E-state index in [2.05, 4.69) is 132 Å². The lowest BCUT2D eigenvalue weighted by molar-refractivity contribution is -0.186. The predicted molar refractivity (Wildman–Crippen MR) is 256 cm³/mol. The molecule has 0 aromatic heterocycles. The molecule has 0 radical (unpaired) electrons. The summed E-state index contributed by atoms with van der Waals surface area (Å²) in [7, 11) is 0. The second-order valence-corrected chi connectivity index (χ2v) is 23.0. The van der Waals surface area contributed by atoms with Gasteiger partial charge in [-0.2, -0.15) is 0 Å². The van der Waals surface area contributed by atoms with Crippen molar-refractivity contribution in [1.82, 2.24) is 9.80 Å². The first-order chi connectivity index (χ1) is 27.2. The molecule has 5 aliphatic rings. The number of hydrogen-bond acceptors (Lipinski definition) is 5. The SMILES string of the molecule is CC(C)(C)C1CCC2(CC1)OCCO2.CC(C)(C)C1CCCCC1.CC(C)(C)N1CCOCC1.CC(F)CN1CC[C@H](C)C1.CCC.Cc1ccc(C(C)(C)C)cc1Cl. The average Bonchev–Trinajstić information content (AvgIpc) is 3.78. The predicted octanol–water partition coefficient (Wildman–Crippen LogP) is 14.7. The number of benzene rings is 1. The molecule has 2 aliphatic carbocycles. The van der Waals surface area contributed by atoms with Gasteiger partial charge in [0.2, 0.25) is 0 Å². The molecule has 0 bridgehead atoms. The topological polar surface area (TPSA) is 34.2 Å². The number of hydrogen-bond donors (Lipinski definition) is 0. The lowest BCUT2D eigenvalue weighted by Gasteiger charge is -2.40. The molecule has 348 valence electrons. The Bertz CT molecular complexity index is 1190. The van der Waals surface area contributed by atoms with Crippen molar-refractivity contribution in [2.75, 3.05) is 59.2 Å². The summed E-state index contributed by atoms with van der Waals surface area (Å²) in [5.41, 5.74) is 3.96. The molecular weight excluding hydrogens is 755 g/mol. The van der Waals surface area contributed by atoms with E-state index >= 15 is 0 Å². The first kappa shape index (κ1) is 56.3. The molecule has 59 heavy (non-hydrogen) atoms. The molecule has 1 unspecified atom stereocenters. The number of halogens is 2.